The number of anilines is 1. The molecule has 0 aliphatic rings. The average molecular weight is 313 g/mol. The Hall–Kier alpha value is -1.56. The van der Waals surface area contributed by atoms with Crippen LogP contribution in [0.4, 0.5) is 5.69 Å². The van der Waals surface area contributed by atoms with E-state index in [9.17, 15) is 13.2 Å². The molecule has 0 aliphatic heterocycles. The molecule has 118 valence electrons. The Morgan fingerprint density at radius 3 is 2.19 bits per heavy atom. The van der Waals surface area contributed by atoms with Crippen molar-refractivity contribution in [3.8, 4) is 0 Å². The molecule has 0 amide bonds. The van der Waals surface area contributed by atoms with Gasteiger partial charge < -0.3 is 4.74 Å². The van der Waals surface area contributed by atoms with E-state index >= 15 is 0 Å². The van der Waals surface area contributed by atoms with E-state index in [1.165, 1.54) is 0 Å². The second kappa shape index (κ2) is 7.45. The van der Waals surface area contributed by atoms with Crippen LogP contribution in [-0.4, -0.2) is 33.3 Å². The molecule has 0 aliphatic carbocycles. The summed E-state index contributed by atoms with van der Waals surface area (Å²) >= 11 is 0. The summed E-state index contributed by atoms with van der Waals surface area (Å²) in [7, 11) is -3.53. The lowest BCUT2D eigenvalue weighted by atomic mass is 10.0. The smallest absolute Gasteiger partial charge is 0.326 e. The molecule has 0 atom stereocenters. The Balaban J connectivity index is 3.09. The summed E-state index contributed by atoms with van der Waals surface area (Å²) in [4.78, 5) is 11.6. The molecule has 6 heteroatoms. The zero-order chi connectivity index (χ0) is 16.0. The van der Waals surface area contributed by atoms with Gasteiger partial charge in [0, 0.05) is 0 Å². The molecule has 0 spiro atoms. The number of carbonyl (C=O) groups excluding carboxylic acids is 1. The van der Waals surface area contributed by atoms with E-state index in [1.54, 1.807) is 26.0 Å². The Bertz CT molecular complexity index is 564. The normalized spacial score (nSPS) is 11.5. The van der Waals surface area contributed by atoms with E-state index in [0.29, 0.717) is 11.6 Å². The highest BCUT2D eigenvalue weighted by Gasteiger charge is 2.24. The van der Waals surface area contributed by atoms with Gasteiger partial charge in [-0.2, -0.15) is 0 Å². The summed E-state index contributed by atoms with van der Waals surface area (Å²) in [6.45, 7) is 7.29. The molecular formula is C15H23NO4S. The minimum absolute atomic E-state index is 0.0711. The van der Waals surface area contributed by atoms with Crippen LogP contribution in [0.25, 0.3) is 0 Å². The lowest BCUT2D eigenvalue weighted by Crippen LogP contribution is -2.37. The van der Waals surface area contributed by atoms with Crippen LogP contribution in [0.1, 0.15) is 39.2 Å². The Kier molecular flexibility index (Phi) is 6.20. The van der Waals surface area contributed by atoms with E-state index < -0.39 is 16.0 Å². The number of benzene rings is 1. The maximum atomic E-state index is 12.2. The van der Waals surface area contributed by atoms with E-state index in [-0.39, 0.29) is 18.9 Å². The Morgan fingerprint density at radius 1 is 1.19 bits per heavy atom. The molecule has 1 rings (SSSR count). The number of hydrogen-bond donors (Lipinski definition) is 0. The molecule has 0 bridgehead atoms. The van der Waals surface area contributed by atoms with Crippen LogP contribution in [0.2, 0.25) is 0 Å². The summed E-state index contributed by atoms with van der Waals surface area (Å²) in [5.41, 5.74) is 1.60. The molecule has 21 heavy (non-hydrogen) atoms. The van der Waals surface area contributed by atoms with Crippen molar-refractivity contribution in [1.29, 1.82) is 0 Å². The molecule has 0 heterocycles. The third kappa shape index (κ3) is 4.74. The van der Waals surface area contributed by atoms with Gasteiger partial charge in [0.2, 0.25) is 10.0 Å². The lowest BCUT2D eigenvalue weighted by molar-refractivity contribution is -0.141. The van der Waals surface area contributed by atoms with Gasteiger partial charge in [-0.1, -0.05) is 26.0 Å². The predicted octanol–water partition coefficient (Wildman–Crippen LogP) is 2.53. The second-order valence-corrected chi connectivity index (χ2v) is 7.14. The first-order chi connectivity index (χ1) is 9.81. The molecule has 0 unspecified atom stereocenters. The van der Waals surface area contributed by atoms with E-state index in [2.05, 4.69) is 13.8 Å². The van der Waals surface area contributed by atoms with Crippen molar-refractivity contribution < 1.29 is 17.9 Å². The van der Waals surface area contributed by atoms with Crippen LogP contribution >= 0.6 is 0 Å². The number of carbonyl (C=O) groups is 1. The van der Waals surface area contributed by atoms with Crippen molar-refractivity contribution in [2.75, 3.05) is 23.2 Å². The number of esters is 1. The minimum Gasteiger partial charge on any atom is -0.465 e. The van der Waals surface area contributed by atoms with E-state index in [0.717, 1.165) is 9.87 Å². The fraction of sp³-hybridized carbons (Fsp3) is 0.533. The first kappa shape index (κ1) is 17.5. The molecule has 0 fully saturated rings. The van der Waals surface area contributed by atoms with Crippen LogP contribution in [0, 0.1) is 0 Å². The van der Waals surface area contributed by atoms with Gasteiger partial charge in [0.1, 0.15) is 6.54 Å². The van der Waals surface area contributed by atoms with Crippen molar-refractivity contribution in [2.24, 2.45) is 0 Å². The molecule has 0 aromatic heterocycles. The fourth-order valence-electron chi connectivity index (χ4n) is 1.86. The Morgan fingerprint density at radius 2 is 1.76 bits per heavy atom. The van der Waals surface area contributed by atoms with Crippen molar-refractivity contribution in [2.45, 2.75) is 33.6 Å². The van der Waals surface area contributed by atoms with Crippen LogP contribution < -0.4 is 4.31 Å². The van der Waals surface area contributed by atoms with Crippen LogP contribution in [0.5, 0.6) is 0 Å². The highest BCUT2D eigenvalue weighted by molar-refractivity contribution is 7.92. The predicted molar refractivity (Wildman–Crippen MR) is 84.0 cm³/mol. The minimum atomic E-state index is -3.53. The molecule has 0 saturated carbocycles. The summed E-state index contributed by atoms with van der Waals surface area (Å²) in [5, 5.41) is 0. The lowest BCUT2D eigenvalue weighted by Gasteiger charge is -2.23. The summed E-state index contributed by atoms with van der Waals surface area (Å²) in [5.74, 6) is -0.263. The quantitative estimate of drug-likeness (QED) is 0.726. The van der Waals surface area contributed by atoms with Gasteiger partial charge in [0.05, 0.1) is 18.0 Å². The van der Waals surface area contributed by atoms with Crippen molar-refractivity contribution in [3.63, 3.8) is 0 Å². The SMILES string of the molecule is CCOC(=O)CN(c1ccc(C(C)C)cc1)S(=O)(=O)CC. The molecule has 1 aromatic rings. The molecule has 1 aromatic carbocycles. The second-order valence-electron chi connectivity index (χ2n) is 4.96. The maximum Gasteiger partial charge on any atom is 0.326 e. The van der Waals surface area contributed by atoms with Crippen LogP contribution in [0.15, 0.2) is 24.3 Å². The van der Waals surface area contributed by atoms with Gasteiger partial charge in [0.25, 0.3) is 0 Å². The van der Waals surface area contributed by atoms with Crippen molar-refractivity contribution in [3.05, 3.63) is 29.8 Å². The number of nitrogens with zero attached hydrogens (tertiary/aromatic N) is 1. The molecule has 0 saturated heterocycles. The van der Waals surface area contributed by atoms with Crippen molar-refractivity contribution >= 4 is 21.7 Å². The highest BCUT2D eigenvalue weighted by Crippen LogP contribution is 2.22. The first-order valence-electron chi connectivity index (χ1n) is 7.07. The van der Waals surface area contributed by atoms with Gasteiger partial charge in [-0.05, 0) is 37.5 Å². The van der Waals surface area contributed by atoms with Gasteiger partial charge in [0.15, 0.2) is 0 Å². The standard InChI is InChI=1S/C15H23NO4S/c1-5-20-15(17)11-16(21(18,19)6-2)14-9-7-13(8-10-14)12(3)4/h7-10,12H,5-6,11H2,1-4H3. The Labute approximate surface area is 127 Å². The summed E-state index contributed by atoms with van der Waals surface area (Å²) < 4.78 is 30.3. The van der Waals surface area contributed by atoms with Gasteiger partial charge in [-0.3, -0.25) is 9.10 Å². The molecule has 0 radical (unpaired) electrons. The summed E-state index contributed by atoms with van der Waals surface area (Å²) in [6.07, 6.45) is 0. The topological polar surface area (TPSA) is 63.7 Å². The third-order valence-electron chi connectivity index (χ3n) is 3.13. The average Bonchev–Trinajstić information content (AvgIpc) is 2.45. The maximum absolute atomic E-state index is 12.2. The number of hydrogen-bond acceptors (Lipinski definition) is 4. The zero-order valence-corrected chi connectivity index (χ0v) is 13.8. The van der Waals surface area contributed by atoms with E-state index in [4.69, 9.17) is 4.74 Å². The number of sulfonamides is 1. The van der Waals surface area contributed by atoms with Crippen LogP contribution in [-0.2, 0) is 19.6 Å². The molecule has 5 nitrogen and oxygen atoms in total. The number of rotatable bonds is 7. The largest absolute Gasteiger partial charge is 0.465 e. The zero-order valence-electron chi connectivity index (χ0n) is 13.0. The molecular weight excluding hydrogens is 290 g/mol. The van der Waals surface area contributed by atoms with Gasteiger partial charge in [-0.15, -0.1) is 0 Å². The van der Waals surface area contributed by atoms with E-state index in [1.807, 2.05) is 12.1 Å². The first-order valence-corrected chi connectivity index (χ1v) is 8.68. The summed E-state index contributed by atoms with van der Waals surface area (Å²) in [6, 6.07) is 7.20. The third-order valence-corrected chi connectivity index (χ3v) is 4.87. The molecule has 0 N–H and O–H groups in total. The fourth-order valence-corrected chi connectivity index (χ4v) is 2.91. The number of ether oxygens (including phenoxy) is 1. The van der Waals surface area contributed by atoms with Crippen LogP contribution in [0.3, 0.4) is 0 Å². The van der Waals surface area contributed by atoms with Gasteiger partial charge in [-0.25, -0.2) is 8.42 Å². The monoisotopic (exact) mass is 313 g/mol. The highest BCUT2D eigenvalue weighted by atomic mass is 32.2. The van der Waals surface area contributed by atoms with Crippen molar-refractivity contribution in [1.82, 2.24) is 0 Å². The van der Waals surface area contributed by atoms with Gasteiger partial charge >= 0.3 is 5.97 Å².